The van der Waals surface area contributed by atoms with Gasteiger partial charge in [0.2, 0.25) is 0 Å². The van der Waals surface area contributed by atoms with Gasteiger partial charge in [-0.25, -0.2) is 9.59 Å². The number of rotatable bonds is 10. The summed E-state index contributed by atoms with van der Waals surface area (Å²) in [6, 6.07) is 19.4. The first kappa shape index (κ1) is 49.0. The molecule has 6 rings (SSSR count). The molecule has 3 aromatic rings. The van der Waals surface area contributed by atoms with Gasteiger partial charge in [0.25, 0.3) is 0 Å². The topological polar surface area (TPSA) is 149 Å². The maximum atomic E-state index is 11.7. The quantitative estimate of drug-likeness (QED) is 0.0907. The fraction of sp³-hybridized carbons (Fsp3) is 0.531. The van der Waals surface area contributed by atoms with E-state index in [1.54, 1.807) is 0 Å². The summed E-state index contributed by atoms with van der Waals surface area (Å²) < 4.78 is 2.53. The van der Waals surface area contributed by atoms with Crippen molar-refractivity contribution in [3.8, 4) is 11.5 Å². The molecule has 2 unspecified atom stereocenters. The van der Waals surface area contributed by atoms with Gasteiger partial charge in [-0.05, 0) is 76.3 Å². The predicted octanol–water partition coefficient (Wildman–Crippen LogP) is 8.13. The van der Waals surface area contributed by atoms with Gasteiger partial charge in [-0.3, -0.25) is 24.4 Å². The molecule has 3 aromatic carbocycles. The third kappa shape index (κ3) is 12.9. The van der Waals surface area contributed by atoms with Crippen molar-refractivity contribution in [2.75, 3.05) is 32.7 Å². The van der Waals surface area contributed by atoms with E-state index in [0.29, 0.717) is 11.5 Å². The summed E-state index contributed by atoms with van der Waals surface area (Å²) in [4.78, 5) is 33.5. The van der Waals surface area contributed by atoms with E-state index >= 15 is 0 Å². The zero-order valence-corrected chi connectivity index (χ0v) is 39.0. The summed E-state index contributed by atoms with van der Waals surface area (Å²) in [6.07, 6.45) is 9.72. The molecule has 0 radical (unpaired) electrons. The number of aliphatic carboxylic acids is 2. The first-order chi connectivity index (χ1) is 28.1. The maximum absolute atomic E-state index is 11.7. The number of phenolic OH excluding ortho intramolecular Hbond substituents is 2. The van der Waals surface area contributed by atoms with Crippen LogP contribution >= 0.6 is 0 Å². The van der Waals surface area contributed by atoms with Gasteiger partial charge in [0.15, 0.2) is 0 Å². The molecule has 1 fully saturated rings. The van der Waals surface area contributed by atoms with Crippen LogP contribution < -0.4 is 0 Å². The van der Waals surface area contributed by atoms with Crippen LogP contribution in [-0.4, -0.2) is 110 Å². The number of guanidine groups is 1. The number of phenols is 2. The molecule has 0 aromatic heterocycles. The molecule has 0 spiro atoms. The SMILES string of the molecule is CC(C)(C)c1cc(C=NC2CCCCC2N=Cc2cc(C(C)(C)C)cc(C(C)(C)C)c2O)c(O)c(CCCN2CC[N+]3=C2N(Cc2ccccc2)CC3)c1.O=C(O)C(=O)O.[Cr]. The Balaban J connectivity index is 0.00000109. The summed E-state index contributed by atoms with van der Waals surface area (Å²) in [6.45, 7) is 26.0. The van der Waals surface area contributed by atoms with Gasteiger partial charge in [-0.1, -0.05) is 118 Å². The number of carboxylic acids is 2. The van der Waals surface area contributed by atoms with E-state index in [1.165, 1.54) is 22.6 Å². The summed E-state index contributed by atoms with van der Waals surface area (Å²) >= 11 is 0. The van der Waals surface area contributed by atoms with Gasteiger partial charge in [0.1, 0.15) is 11.5 Å². The van der Waals surface area contributed by atoms with Crippen molar-refractivity contribution >= 4 is 30.3 Å². The van der Waals surface area contributed by atoms with Crippen molar-refractivity contribution < 1.29 is 52.0 Å². The van der Waals surface area contributed by atoms with E-state index in [4.69, 9.17) is 29.8 Å². The Morgan fingerprint density at radius 3 is 1.74 bits per heavy atom. The van der Waals surface area contributed by atoms with Crippen LogP contribution in [-0.2, 0) is 56.2 Å². The number of aryl methyl sites for hydroxylation is 1. The Bertz CT molecular complexity index is 2080. The number of hydrogen-bond acceptors (Lipinski definition) is 8. The molecule has 2 heterocycles. The molecular formula is C49H68CrN5O6+. The smallest absolute Gasteiger partial charge is 0.414 e. The molecule has 11 nitrogen and oxygen atoms in total. The van der Waals surface area contributed by atoms with Crippen LogP contribution in [0, 0.1) is 0 Å². The van der Waals surface area contributed by atoms with Crippen molar-refractivity contribution in [3.05, 3.63) is 93.5 Å². The monoisotopic (exact) mass is 874 g/mol. The molecule has 2 atom stereocenters. The predicted molar refractivity (Wildman–Crippen MR) is 241 cm³/mol. The van der Waals surface area contributed by atoms with Crippen LogP contribution in [0.25, 0.3) is 0 Å². The van der Waals surface area contributed by atoms with Crippen molar-refractivity contribution in [2.45, 2.75) is 136 Å². The van der Waals surface area contributed by atoms with E-state index < -0.39 is 11.9 Å². The summed E-state index contributed by atoms with van der Waals surface area (Å²) in [5.41, 5.74) is 6.97. The Labute approximate surface area is 374 Å². The molecule has 1 saturated carbocycles. The Morgan fingerprint density at radius 1 is 0.721 bits per heavy atom. The van der Waals surface area contributed by atoms with Crippen LogP contribution in [0.15, 0.2) is 64.6 Å². The first-order valence-corrected chi connectivity index (χ1v) is 21.6. The number of carbonyl (C=O) groups is 2. The Kier molecular flexibility index (Phi) is 16.4. The molecule has 12 heteroatoms. The van der Waals surface area contributed by atoms with Gasteiger partial charge in [0, 0.05) is 46.5 Å². The molecule has 61 heavy (non-hydrogen) atoms. The first-order valence-electron chi connectivity index (χ1n) is 21.6. The average Bonchev–Trinajstić information content (AvgIpc) is 3.77. The van der Waals surface area contributed by atoms with Gasteiger partial charge in [-0.2, -0.15) is 0 Å². The second kappa shape index (κ2) is 20.5. The minimum absolute atomic E-state index is 0. The number of aliphatic imine (C=N–C) groups is 2. The zero-order valence-electron chi connectivity index (χ0n) is 37.7. The summed E-state index contributed by atoms with van der Waals surface area (Å²) in [7, 11) is 0. The molecule has 330 valence electrons. The van der Waals surface area contributed by atoms with Crippen molar-refractivity contribution in [2.24, 2.45) is 9.98 Å². The molecule has 2 aliphatic heterocycles. The van der Waals surface area contributed by atoms with E-state index in [1.807, 2.05) is 12.4 Å². The van der Waals surface area contributed by atoms with Gasteiger partial charge < -0.3 is 20.4 Å². The van der Waals surface area contributed by atoms with Crippen LogP contribution in [0.2, 0.25) is 0 Å². The second-order valence-corrected chi connectivity index (χ2v) is 19.7. The minimum Gasteiger partial charge on any atom is -0.507 e. The summed E-state index contributed by atoms with van der Waals surface area (Å²) in [5.74, 6) is -1.61. The number of hydrogen-bond donors (Lipinski definition) is 4. The van der Waals surface area contributed by atoms with Gasteiger partial charge in [-0.15, -0.1) is 0 Å². The zero-order chi connectivity index (χ0) is 44.0. The largest absolute Gasteiger partial charge is 0.507 e. The van der Waals surface area contributed by atoms with Crippen LogP contribution in [0.1, 0.15) is 133 Å². The standard InChI is InChI=1S/C47H65N5O2.C2H2O4.Cr/c1-45(2,3)37-26-34(18-15-21-50-22-23-51-24-25-52(44(50)51)32-33-16-11-10-12-17-33)42(53)35(27-37)30-48-40-19-13-14-20-41(40)49-31-36-28-38(46(4,5)6)29-39(43(36)54)47(7,8)9;3-1(4)2(5)6;/h10-12,16-17,26-31,40-41H,13-15,18-25,32H2,1-9H3,(H-,48,49,53,54);(H,3,4)(H,5,6);/p+1. The maximum Gasteiger partial charge on any atom is 0.414 e. The van der Waals surface area contributed by atoms with Crippen molar-refractivity contribution in [3.63, 3.8) is 0 Å². The van der Waals surface area contributed by atoms with Gasteiger partial charge >= 0.3 is 17.9 Å². The molecule has 0 amide bonds. The van der Waals surface area contributed by atoms with E-state index in [0.717, 1.165) is 100 Å². The molecule has 0 bridgehead atoms. The number of benzene rings is 3. The van der Waals surface area contributed by atoms with E-state index in [2.05, 4.69) is 131 Å². The van der Waals surface area contributed by atoms with Crippen LogP contribution in [0.3, 0.4) is 0 Å². The third-order valence-electron chi connectivity index (χ3n) is 11.8. The number of aromatic hydroxyl groups is 2. The number of nitrogens with zero attached hydrogens (tertiary/aromatic N) is 5. The fourth-order valence-electron chi connectivity index (χ4n) is 8.21. The molecule has 1 aliphatic carbocycles. The second-order valence-electron chi connectivity index (χ2n) is 19.7. The van der Waals surface area contributed by atoms with Crippen molar-refractivity contribution in [1.82, 2.24) is 9.80 Å². The summed E-state index contributed by atoms with van der Waals surface area (Å²) in [5, 5.41) is 37.9. The van der Waals surface area contributed by atoms with E-state index in [9.17, 15) is 10.2 Å². The Hall–Kier alpha value is -4.66. The van der Waals surface area contributed by atoms with Gasteiger partial charge in [0.05, 0.1) is 51.4 Å². The minimum atomic E-state index is -1.82. The third-order valence-corrected chi connectivity index (χ3v) is 11.8. The Morgan fingerprint density at radius 2 is 1.23 bits per heavy atom. The fourth-order valence-corrected chi connectivity index (χ4v) is 8.21. The van der Waals surface area contributed by atoms with Crippen LogP contribution in [0.4, 0.5) is 0 Å². The molecule has 3 aliphatic rings. The number of carboxylic acid groups (broad SMARTS) is 2. The molecule has 0 saturated heterocycles. The average molecular weight is 875 g/mol. The van der Waals surface area contributed by atoms with Crippen molar-refractivity contribution in [1.29, 1.82) is 0 Å². The molecule has 4 N–H and O–H groups in total. The van der Waals surface area contributed by atoms with E-state index in [-0.39, 0.29) is 45.7 Å². The van der Waals surface area contributed by atoms with Crippen LogP contribution in [0.5, 0.6) is 11.5 Å². The molecular weight excluding hydrogens is 807 g/mol. The normalized spacial score (nSPS) is 18.3.